The predicted octanol–water partition coefficient (Wildman–Crippen LogP) is 1.80. The first-order valence-electron chi connectivity index (χ1n) is 8.97. The van der Waals surface area contributed by atoms with E-state index in [-0.39, 0.29) is 18.2 Å². The average molecular weight is 375 g/mol. The smallest absolute Gasteiger partial charge is 0.254 e. The Labute approximate surface area is 163 Å². The van der Waals surface area contributed by atoms with E-state index in [1.165, 1.54) is 6.20 Å². The molecule has 0 spiro atoms. The summed E-state index contributed by atoms with van der Waals surface area (Å²) in [6, 6.07) is 15.0. The number of nitrogens with one attached hydrogen (secondary N) is 2. The van der Waals surface area contributed by atoms with Gasteiger partial charge in [-0.2, -0.15) is 0 Å². The molecule has 0 unspecified atom stereocenters. The van der Waals surface area contributed by atoms with Gasteiger partial charge in [-0.3, -0.25) is 14.6 Å². The fourth-order valence-corrected chi connectivity index (χ4v) is 2.71. The molecule has 142 valence electrons. The zero-order chi connectivity index (χ0) is 19.8. The molecule has 2 N–H and O–H groups in total. The van der Waals surface area contributed by atoms with Crippen LogP contribution in [0.3, 0.4) is 0 Å². The van der Waals surface area contributed by atoms with Crippen LogP contribution in [0.1, 0.15) is 21.7 Å². The number of hydrogen-bond donors (Lipinski definition) is 2. The number of carbonyl (C=O) groups is 2. The second-order valence-corrected chi connectivity index (χ2v) is 6.10. The molecule has 2 amide bonds. The van der Waals surface area contributed by atoms with Crippen LogP contribution in [0, 0.1) is 0 Å². The zero-order valence-electron chi connectivity index (χ0n) is 15.6. The first-order chi connectivity index (χ1) is 13.7. The maximum Gasteiger partial charge on any atom is 0.254 e. The maximum absolute atomic E-state index is 12.1. The van der Waals surface area contributed by atoms with E-state index >= 15 is 0 Å². The predicted molar refractivity (Wildman–Crippen MR) is 106 cm³/mol. The van der Waals surface area contributed by atoms with E-state index in [9.17, 15) is 9.59 Å². The lowest BCUT2D eigenvalue weighted by molar-refractivity contribution is -0.120. The van der Waals surface area contributed by atoms with E-state index in [4.69, 9.17) is 0 Å². The summed E-state index contributed by atoms with van der Waals surface area (Å²) < 4.78 is 0. The van der Waals surface area contributed by atoms with Crippen LogP contribution in [0.2, 0.25) is 0 Å². The number of aromatic nitrogens is 3. The normalized spacial score (nSPS) is 10.3. The summed E-state index contributed by atoms with van der Waals surface area (Å²) in [6.45, 7) is 0.362. The molecule has 0 radical (unpaired) electrons. The second-order valence-electron chi connectivity index (χ2n) is 6.10. The lowest BCUT2D eigenvalue weighted by Crippen LogP contribution is -2.29. The van der Waals surface area contributed by atoms with Gasteiger partial charge >= 0.3 is 0 Å². The standard InChI is InChI=1S/C21H21N5O2/c1-22-21(28)17-14-25-20(15-7-3-2-4-8-15)26-18(17)10-12-24-19(27)13-16-9-5-6-11-23-16/h2-9,11,14H,10,12-13H2,1H3,(H,22,28)(H,24,27). The Morgan fingerprint density at radius 1 is 1.00 bits per heavy atom. The van der Waals surface area contributed by atoms with E-state index < -0.39 is 0 Å². The molecule has 2 aromatic heterocycles. The van der Waals surface area contributed by atoms with Gasteiger partial charge < -0.3 is 10.6 Å². The number of nitrogens with zero attached hydrogens (tertiary/aromatic N) is 3. The van der Waals surface area contributed by atoms with Gasteiger partial charge in [0.15, 0.2) is 5.82 Å². The molecule has 3 rings (SSSR count). The molecule has 0 atom stereocenters. The number of rotatable bonds is 7. The highest BCUT2D eigenvalue weighted by atomic mass is 16.2. The summed E-state index contributed by atoms with van der Waals surface area (Å²) in [5, 5.41) is 5.45. The Kier molecular flexibility index (Phi) is 6.41. The maximum atomic E-state index is 12.1. The molecule has 7 heteroatoms. The molecule has 0 fully saturated rings. The van der Waals surface area contributed by atoms with Crippen molar-refractivity contribution in [2.24, 2.45) is 0 Å². The molecule has 3 aromatic rings. The summed E-state index contributed by atoms with van der Waals surface area (Å²) in [5.41, 5.74) is 2.57. The number of benzene rings is 1. The van der Waals surface area contributed by atoms with Crippen molar-refractivity contribution < 1.29 is 9.59 Å². The molecular formula is C21H21N5O2. The van der Waals surface area contributed by atoms with Gasteiger partial charge in [-0.25, -0.2) is 9.97 Å². The van der Waals surface area contributed by atoms with Crippen LogP contribution in [0.4, 0.5) is 0 Å². The number of carbonyl (C=O) groups excluding carboxylic acids is 2. The summed E-state index contributed by atoms with van der Waals surface area (Å²) in [4.78, 5) is 37.2. The number of hydrogen-bond acceptors (Lipinski definition) is 5. The lowest BCUT2D eigenvalue weighted by atomic mass is 10.1. The van der Waals surface area contributed by atoms with Crippen molar-refractivity contribution >= 4 is 11.8 Å². The molecule has 28 heavy (non-hydrogen) atoms. The molecule has 0 saturated carbocycles. The van der Waals surface area contributed by atoms with Crippen LogP contribution in [-0.2, 0) is 17.6 Å². The largest absolute Gasteiger partial charge is 0.355 e. The van der Waals surface area contributed by atoms with Crippen molar-refractivity contribution in [3.8, 4) is 11.4 Å². The van der Waals surface area contributed by atoms with Gasteiger partial charge in [0.2, 0.25) is 5.91 Å². The molecule has 0 aliphatic rings. The van der Waals surface area contributed by atoms with Crippen LogP contribution in [-0.4, -0.2) is 40.4 Å². The molecule has 0 bridgehead atoms. The topological polar surface area (TPSA) is 96.9 Å². The Morgan fingerprint density at radius 2 is 1.79 bits per heavy atom. The van der Waals surface area contributed by atoms with Gasteiger partial charge in [-0.05, 0) is 12.1 Å². The van der Waals surface area contributed by atoms with Crippen molar-refractivity contribution in [2.75, 3.05) is 13.6 Å². The molecule has 0 aliphatic heterocycles. The minimum absolute atomic E-state index is 0.127. The van der Waals surface area contributed by atoms with Crippen molar-refractivity contribution in [2.45, 2.75) is 12.8 Å². The highest BCUT2D eigenvalue weighted by molar-refractivity contribution is 5.95. The third-order valence-corrected chi connectivity index (χ3v) is 4.12. The van der Waals surface area contributed by atoms with E-state index in [0.717, 1.165) is 5.56 Å². The molecule has 0 saturated heterocycles. The Bertz CT molecular complexity index is 946. The quantitative estimate of drug-likeness (QED) is 0.656. The second kappa shape index (κ2) is 9.36. The van der Waals surface area contributed by atoms with Gasteiger partial charge in [0.25, 0.3) is 5.91 Å². The first-order valence-corrected chi connectivity index (χ1v) is 8.97. The van der Waals surface area contributed by atoms with E-state index in [0.29, 0.717) is 35.7 Å². The third-order valence-electron chi connectivity index (χ3n) is 4.12. The molecular weight excluding hydrogens is 354 g/mol. The fraction of sp³-hybridized carbons (Fsp3) is 0.190. The number of amides is 2. The summed E-state index contributed by atoms with van der Waals surface area (Å²) in [5.74, 6) is 0.162. The van der Waals surface area contributed by atoms with Gasteiger partial charge in [0.1, 0.15) is 0 Å². The average Bonchev–Trinajstić information content (AvgIpc) is 2.74. The van der Waals surface area contributed by atoms with E-state index in [1.54, 1.807) is 25.4 Å². The molecule has 1 aromatic carbocycles. The monoisotopic (exact) mass is 375 g/mol. The van der Waals surface area contributed by atoms with E-state index in [1.807, 2.05) is 36.4 Å². The van der Waals surface area contributed by atoms with Crippen molar-refractivity contribution in [1.82, 2.24) is 25.6 Å². The molecule has 7 nitrogen and oxygen atoms in total. The van der Waals surface area contributed by atoms with Crippen molar-refractivity contribution in [3.05, 3.63) is 77.9 Å². The minimum Gasteiger partial charge on any atom is -0.355 e. The van der Waals surface area contributed by atoms with Crippen LogP contribution in [0.5, 0.6) is 0 Å². The first kappa shape index (κ1) is 19.2. The number of pyridine rings is 1. The lowest BCUT2D eigenvalue weighted by Gasteiger charge is -2.10. The van der Waals surface area contributed by atoms with Gasteiger partial charge in [-0.15, -0.1) is 0 Å². The highest BCUT2D eigenvalue weighted by Crippen LogP contribution is 2.16. The van der Waals surface area contributed by atoms with Gasteiger partial charge in [-0.1, -0.05) is 36.4 Å². The van der Waals surface area contributed by atoms with E-state index in [2.05, 4.69) is 25.6 Å². The Hall–Kier alpha value is -3.61. The van der Waals surface area contributed by atoms with Crippen molar-refractivity contribution in [1.29, 1.82) is 0 Å². The summed E-state index contributed by atoms with van der Waals surface area (Å²) in [7, 11) is 1.56. The summed E-state index contributed by atoms with van der Waals surface area (Å²) >= 11 is 0. The van der Waals surface area contributed by atoms with Crippen LogP contribution < -0.4 is 10.6 Å². The minimum atomic E-state index is -0.255. The van der Waals surface area contributed by atoms with Crippen LogP contribution in [0.25, 0.3) is 11.4 Å². The summed E-state index contributed by atoms with van der Waals surface area (Å²) in [6.07, 6.45) is 3.81. The van der Waals surface area contributed by atoms with Crippen LogP contribution >= 0.6 is 0 Å². The molecule has 0 aliphatic carbocycles. The Morgan fingerprint density at radius 3 is 2.50 bits per heavy atom. The van der Waals surface area contributed by atoms with Gasteiger partial charge in [0, 0.05) is 43.7 Å². The third kappa shape index (κ3) is 4.97. The SMILES string of the molecule is CNC(=O)c1cnc(-c2ccccc2)nc1CCNC(=O)Cc1ccccn1. The van der Waals surface area contributed by atoms with Crippen LogP contribution in [0.15, 0.2) is 60.9 Å². The van der Waals surface area contributed by atoms with Gasteiger partial charge in [0.05, 0.1) is 17.7 Å². The fourth-order valence-electron chi connectivity index (χ4n) is 2.71. The molecule has 2 heterocycles. The van der Waals surface area contributed by atoms with Crippen molar-refractivity contribution in [3.63, 3.8) is 0 Å². The highest BCUT2D eigenvalue weighted by Gasteiger charge is 2.14. The zero-order valence-corrected chi connectivity index (χ0v) is 15.6. The Balaban J connectivity index is 1.70.